The molecule has 0 fully saturated rings. The largest absolute Gasteiger partial charge is 0.480 e. The Labute approximate surface area is 634 Å². The summed E-state index contributed by atoms with van der Waals surface area (Å²) in [7, 11) is 0. The summed E-state index contributed by atoms with van der Waals surface area (Å²) in [6.45, 7) is 13.0. The molecule has 0 bridgehead atoms. The summed E-state index contributed by atoms with van der Waals surface area (Å²) < 4.78 is 0. The molecule has 16 unspecified atom stereocenters. The third-order valence-electron chi connectivity index (χ3n) is 16.9. The molecule has 1 rings (SSSR count). The smallest absolute Gasteiger partial charge is 0.326 e. The molecule has 40 heteroatoms. The molecule has 0 saturated heterocycles. The topological polar surface area (TPSA) is 648 Å². The molecule has 0 spiro atoms. The van der Waals surface area contributed by atoms with Crippen LogP contribution in [0, 0.1) is 17.8 Å². The lowest BCUT2D eigenvalue weighted by atomic mass is 9.98. The summed E-state index contributed by atoms with van der Waals surface area (Å²) >= 11 is 4.20. The second-order valence-electron chi connectivity index (χ2n) is 27.1. The van der Waals surface area contributed by atoms with E-state index in [0.717, 1.165) is 13.8 Å². The van der Waals surface area contributed by atoms with Crippen molar-refractivity contribution in [1.29, 1.82) is 0 Å². The average molecular weight is 1550 g/mol. The van der Waals surface area contributed by atoms with Gasteiger partial charge in [-0.05, 0) is 122 Å². The number of nitrogens with two attached hydrogens (primary N) is 5. The molecular weight excluding hydrogens is 1430 g/mol. The van der Waals surface area contributed by atoms with Crippen LogP contribution in [0.15, 0.2) is 35.3 Å². The lowest BCUT2D eigenvalue weighted by molar-refractivity contribution is -0.142. The molecule has 0 aromatic heterocycles. The monoisotopic (exact) mass is 1550 g/mol. The van der Waals surface area contributed by atoms with Gasteiger partial charge in [-0.25, -0.2) is 4.79 Å². The predicted molar refractivity (Wildman–Crippen MR) is 400 cm³/mol. The molecule has 108 heavy (non-hydrogen) atoms. The van der Waals surface area contributed by atoms with Gasteiger partial charge < -0.3 is 124 Å². The Kier molecular flexibility index (Phi) is 45.7. The van der Waals surface area contributed by atoms with E-state index in [1.54, 1.807) is 71.9 Å². The predicted octanol–water partition coefficient (Wildman–Crippen LogP) is -7.53. The van der Waals surface area contributed by atoms with Crippen molar-refractivity contribution in [3.05, 3.63) is 35.9 Å². The number of unbranched alkanes of at least 4 members (excludes halogenated alkanes) is 2. The number of carbonyl (C=O) groups excluding carboxylic acids is 14. The molecule has 14 amide bonds. The van der Waals surface area contributed by atoms with Gasteiger partial charge in [-0.1, -0.05) is 78.3 Å². The van der Waals surface area contributed by atoms with Crippen molar-refractivity contribution in [2.45, 2.75) is 231 Å². The van der Waals surface area contributed by atoms with Gasteiger partial charge in [-0.3, -0.25) is 72.1 Å². The van der Waals surface area contributed by atoms with Crippen molar-refractivity contribution < 1.29 is 92.3 Å². The molecule has 1 aromatic carbocycles. The molecule has 0 aliphatic heterocycles. The number of carbonyl (C=O) groups is 15. The zero-order chi connectivity index (χ0) is 82.1. The molecule has 0 aliphatic carbocycles. The number of aliphatic imine (C=N–C) groups is 1. The van der Waals surface area contributed by atoms with E-state index in [9.17, 15) is 92.3 Å². The average Bonchev–Trinajstić information content (AvgIpc) is 0.850. The number of nitrogens with one attached hydrogen (secondary N) is 14. The highest BCUT2D eigenvalue weighted by atomic mass is 32.1. The van der Waals surface area contributed by atoms with Gasteiger partial charge in [0.2, 0.25) is 82.7 Å². The molecule has 28 N–H and O–H groups in total. The normalized spacial score (nSPS) is 15.6. The van der Waals surface area contributed by atoms with E-state index in [4.69, 9.17) is 28.7 Å². The number of benzene rings is 1. The van der Waals surface area contributed by atoms with E-state index in [2.05, 4.69) is 92.1 Å². The molecule has 0 saturated carbocycles. The van der Waals surface area contributed by atoms with Gasteiger partial charge in [0.15, 0.2) is 5.96 Å². The van der Waals surface area contributed by atoms with Crippen molar-refractivity contribution in [2.75, 3.05) is 45.1 Å². The second kappa shape index (κ2) is 51.1. The number of aliphatic hydroxyl groups excluding tert-OH is 3. The fourth-order valence-electron chi connectivity index (χ4n) is 10.2. The number of aliphatic hydroxyl groups is 3. The van der Waals surface area contributed by atoms with Crippen LogP contribution in [0.25, 0.3) is 0 Å². The van der Waals surface area contributed by atoms with Gasteiger partial charge in [-0.2, -0.15) is 12.6 Å². The number of hydrogen-bond donors (Lipinski definition) is 24. The van der Waals surface area contributed by atoms with Crippen LogP contribution in [0.3, 0.4) is 0 Å². The molecule has 0 radical (unpaired) electrons. The van der Waals surface area contributed by atoms with Crippen LogP contribution in [0.1, 0.15) is 139 Å². The van der Waals surface area contributed by atoms with Crippen molar-refractivity contribution >= 4 is 107 Å². The van der Waals surface area contributed by atoms with E-state index in [1.165, 1.54) is 13.8 Å². The van der Waals surface area contributed by atoms with Gasteiger partial charge in [0.25, 0.3) is 0 Å². The highest BCUT2D eigenvalue weighted by molar-refractivity contribution is 7.80. The van der Waals surface area contributed by atoms with Crippen LogP contribution in [0.5, 0.6) is 0 Å². The van der Waals surface area contributed by atoms with E-state index < -0.39 is 205 Å². The fraction of sp³-hybridized carbons (Fsp3) is 0.676. The second-order valence-corrected chi connectivity index (χ2v) is 27.4. The number of hydrogen-bond acceptors (Lipinski definition) is 23. The van der Waals surface area contributed by atoms with Crippen molar-refractivity contribution in [3.63, 3.8) is 0 Å². The van der Waals surface area contributed by atoms with Gasteiger partial charge in [0, 0.05) is 18.7 Å². The van der Waals surface area contributed by atoms with E-state index in [0.29, 0.717) is 31.4 Å². The summed E-state index contributed by atoms with van der Waals surface area (Å²) in [5, 5.41) is 75.7. The van der Waals surface area contributed by atoms with Crippen LogP contribution in [-0.2, 0) is 78.3 Å². The number of aliphatic carboxylic acids is 1. The molecule has 0 heterocycles. The van der Waals surface area contributed by atoms with Gasteiger partial charge >= 0.3 is 5.97 Å². The molecule has 39 nitrogen and oxygen atoms in total. The number of rotatable bonds is 52. The van der Waals surface area contributed by atoms with Crippen molar-refractivity contribution in [2.24, 2.45) is 51.4 Å². The standard InChI is InChI=1S/C68H118N20O19S/c1-11-36(6)52(64(103)84-47(32-89)61(100)77-37(7)55(94)75-30-49(92)79-42(24-19-27-74-68(72)73)59(98)81-44(67(106)107)23-16-18-26-70)86-50(93)31-76-57(96)45(28-34(2)3)82-56(95)38(8)78-58(97)43(22-15-17-25-69)80-65(104)53(39(9)90)88-66(105)54(40(10)91)87-60(99)46(29-41-20-13-12-14-21-41)83-62(101)48(33-108)85-63(102)51(71)35(4)5/h12-14,20-21,34-40,42-48,51-54,89-91,108H,11,15-19,22-33,69-71H2,1-10H3,(H,75,94)(H,76,96)(H,77,100)(H,78,97)(H,79,92)(H,80,104)(H,81,98)(H,82,95)(H,83,101)(H,84,103)(H,85,102)(H,86,93)(H,87,99)(H,88,105)(H,106,107)(H4,72,73,74). The van der Waals surface area contributed by atoms with Crippen LogP contribution < -0.4 is 103 Å². The van der Waals surface area contributed by atoms with Crippen molar-refractivity contribution in [1.82, 2.24) is 74.4 Å². The Balaban J connectivity index is 3.19. The highest BCUT2D eigenvalue weighted by Gasteiger charge is 2.38. The SMILES string of the molecule is CCC(C)C(NC(=O)CNC(=O)C(CC(C)C)NC(=O)C(C)NC(=O)C(CCCCN)NC(=O)C(NC(=O)C(NC(=O)C(Cc1ccccc1)NC(=O)C(CS)NC(=O)C(N)C(C)C)C(C)O)C(C)O)C(=O)NC(CO)C(=O)NC(C)C(=O)NCC(=O)NC(CCCN=C(N)N)C(=O)NC(CCCCN)C(=O)O. The van der Waals surface area contributed by atoms with Gasteiger partial charge in [0.1, 0.15) is 72.5 Å². The highest BCUT2D eigenvalue weighted by Crippen LogP contribution is 2.13. The maximum Gasteiger partial charge on any atom is 0.326 e. The first-order valence-electron chi connectivity index (χ1n) is 36.0. The van der Waals surface area contributed by atoms with E-state index in [1.807, 2.05) is 0 Å². The Morgan fingerprint density at radius 1 is 0.463 bits per heavy atom. The van der Waals surface area contributed by atoms with Gasteiger partial charge in [-0.15, -0.1) is 0 Å². The first-order chi connectivity index (χ1) is 50.8. The lowest BCUT2D eigenvalue weighted by Crippen LogP contribution is -2.63. The third kappa shape index (κ3) is 36.5. The summed E-state index contributed by atoms with van der Waals surface area (Å²) in [5.41, 5.74) is 28.5. The number of carboxylic acid groups (broad SMARTS) is 1. The molecule has 16 atom stereocenters. The molecule has 610 valence electrons. The maximum atomic E-state index is 14.1. The Bertz CT molecular complexity index is 3150. The minimum absolute atomic E-state index is 0.00217. The summed E-state index contributed by atoms with van der Waals surface area (Å²) in [6, 6.07) is -10.2. The first-order valence-corrected chi connectivity index (χ1v) is 36.6. The number of guanidine groups is 1. The number of thiol groups is 1. The lowest BCUT2D eigenvalue weighted by Gasteiger charge is -2.29. The number of carboxylic acids is 1. The van der Waals surface area contributed by atoms with Crippen molar-refractivity contribution in [3.8, 4) is 0 Å². The summed E-state index contributed by atoms with van der Waals surface area (Å²) in [4.78, 5) is 206. The Morgan fingerprint density at radius 2 is 0.889 bits per heavy atom. The molecular formula is C68H118N20O19S. The van der Waals surface area contributed by atoms with E-state index >= 15 is 0 Å². The number of nitrogens with zero attached hydrogens (tertiary/aromatic N) is 1. The third-order valence-corrected chi connectivity index (χ3v) is 17.3. The zero-order valence-electron chi connectivity index (χ0n) is 63.2. The van der Waals surface area contributed by atoms with E-state index in [-0.39, 0.29) is 88.0 Å². The quantitative estimate of drug-likeness (QED) is 0.0125. The summed E-state index contributed by atoms with van der Waals surface area (Å²) in [5.74, 6) is -15.9. The minimum atomic E-state index is -1.85. The maximum absolute atomic E-state index is 14.1. The molecule has 0 aliphatic rings. The minimum Gasteiger partial charge on any atom is -0.480 e. The van der Waals surface area contributed by atoms with Gasteiger partial charge in [0.05, 0.1) is 37.9 Å². The van der Waals surface area contributed by atoms with Crippen LogP contribution >= 0.6 is 12.6 Å². The molecule has 1 aromatic rings. The van der Waals surface area contributed by atoms with Crippen LogP contribution in [0.4, 0.5) is 0 Å². The Hall–Kier alpha value is -9.35. The van der Waals surface area contributed by atoms with Crippen LogP contribution in [-0.4, -0.2) is 251 Å². The zero-order valence-corrected chi connectivity index (χ0v) is 64.1. The van der Waals surface area contributed by atoms with Crippen LogP contribution in [0.2, 0.25) is 0 Å². The summed E-state index contributed by atoms with van der Waals surface area (Å²) in [6.07, 6.45) is -1.64. The Morgan fingerprint density at radius 3 is 1.40 bits per heavy atom. The first kappa shape index (κ1) is 96.7. The fourth-order valence-corrected chi connectivity index (χ4v) is 10.5. The number of amides is 14.